The number of aryl methyl sites for hydroxylation is 1. The summed E-state index contributed by atoms with van der Waals surface area (Å²) in [6.07, 6.45) is 0.317. The third-order valence-electron chi connectivity index (χ3n) is 3.49. The molecule has 0 saturated heterocycles. The number of carbonyl (C=O) groups is 1. The average molecular weight is 326 g/mol. The van der Waals surface area contributed by atoms with Gasteiger partial charge in [-0.15, -0.1) is 0 Å². The van der Waals surface area contributed by atoms with Gasteiger partial charge in [-0.1, -0.05) is 42.0 Å². The fraction of sp³-hybridized carbons (Fsp3) is 0.350. The Balaban J connectivity index is 1.90. The summed E-state index contributed by atoms with van der Waals surface area (Å²) in [5, 5.41) is 2.85. The molecule has 0 aliphatic carbocycles. The van der Waals surface area contributed by atoms with Crippen LogP contribution < -0.4 is 15.8 Å². The minimum absolute atomic E-state index is 0.0376. The van der Waals surface area contributed by atoms with Gasteiger partial charge in [0.2, 0.25) is 5.91 Å². The van der Waals surface area contributed by atoms with Crippen LogP contribution in [0.3, 0.4) is 0 Å². The zero-order chi connectivity index (χ0) is 17.6. The summed E-state index contributed by atoms with van der Waals surface area (Å²) in [5.74, 6) is 0.727. The van der Waals surface area contributed by atoms with Crippen LogP contribution in [0.1, 0.15) is 30.5 Å². The molecule has 4 nitrogen and oxygen atoms in total. The lowest BCUT2D eigenvalue weighted by molar-refractivity contribution is -0.120. The Morgan fingerprint density at radius 1 is 1.12 bits per heavy atom. The van der Waals surface area contributed by atoms with Crippen LogP contribution in [0, 0.1) is 6.92 Å². The minimum Gasteiger partial charge on any atom is -0.489 e. The van der Waals surface area contributed by atoms with Crippen molar-refractivity contribution in [2.24, 2.45) is 5.73 Å². The Morgan fingerprint density at radius 3 is 2.54 bits per heavy atom. The van der Waals surface area contributed by atoms with Gasteiger partial charge in [-0.25, -0.2) is 0 Å². The largest absolute Gasteiger partial charge is 0.489 e. The number of hydrogen-bond acceptors (Lipinski definition) is 3. The molecule has 4 heteroatoms. The minimum atomic E-state index is -0.408. The SMILES string of the molecule is Cc1cccc(COc2cccc(CC(=O)NCC(C)(C)N)c2)c1. The maximum Gasteiger partial charge on any atom is 0.224 e. The number of rotatable bonds is 7. The van der Waals surface area contributed by atoms with Crippen molar-refractivity contribution in [1.82, 2.24) is 5.32 Å². The average Bonchev–Trinajstić information content (AvgIpc) is 2.51. The van der Waals surface area contributed by atoms with Crippen LogP contribution >= 0.6 is 0 Å². The maximum absolute atomic E-state index is 12.0. The number of nitrogens with two attached hydrogens (primary N) is 1. The van der Waals surface area contributed by atoms with Crippen molar-refractivity contribution in [3.63, 3.8) is 0 Å². The van der Waals surface area contributed by atoms with Gasteiger partial charge < -0.3 is 15.8 Å². The zero-order valence-electron chi connectivity index (χ0n) is 14.6. The first-order chi connectivity index (χ1) is 11.3. The molecule has 0 aliphatic rings. The molecule has 24 heavy (non-hydrogen) atoms. The van der Waals surface area contributed by atoms with Gasteiger partial charge in [0.25, 0.3) is 0 Å². The summed E-state index contributed by atoms with van der Waals surface area (Å²) in [7, 11) is 0. The molecule has 0 fully saturated rings. The number of ether oxygens (including phenoxy) is 1. The zero-order valence-corrected chi connectivity index (χ0v) is 14.6. The summed E-state index contributed by atoms with van der Waals surface area (Å²) >= 11 is 0. The van der Waals surface area contributed by atoms with Crippen LogP contribution in [0.2, 0.25) is 0 Å². The van der Waals surface area contributed by atoms with Crippen LogP contribution in [0.5, 0.6) is 5.75 Å². The molecule has 0 saturated carbocycles. The van der Waals surface area contributed by atoms with Crippen LogP contribution in [0.4, 0.5) is 0 Å². The van der Waals surface area contributed by atoms with E-state index in [9.17, 15) is 4.79 Å². The first-order valence-corrected chi connectivity index (χ1v) is 8.15. The van der Waals surface area contributed by atoms with Gasteiger partial charge in [0.05, 0.1) is 6.42 Å². The Hall–Kier alpha value is -2.33. The summed E-state index contributed by atoms with van der Waals surface area (Å²) in [6, 6.07) is 15.9. The van der Waals surface area contributed by atoms with Crippen molar-refractivity contribution in [1.29, 1.82) is 0 Å². The van der Waals surface area contributed by atoms with Gasteiger partial charge in [-0.2, -0.15) is 0 Å². The topological polar surface area (TPSA) is 64.3 Å². The van der Waals surface area contributed by atoms with Crippen LogP contribution in [0.25, 0.3) is 0 Å². The first kappa shape index (κ1) is 18.0. The lowest BCUT2D eigenvalue weighted by Crippen LogP contribution is -2.45. The van der Waals surface area contributed by atoms with Crippen molar-refractivity contribution in [3.05, 3.63) is 65.2 Å². The molecule has 0 unspecified atom stereocenters. The van der Waals surface area contributed by atoms with Gasteiger partial charge in [0.1, 0.15) is 12.4 Å². The molecule has 128 valence electrons. The standard InChI is InChI=1S/C20H26N2O2/c1-15-6-4-8-17(10-15)13-24-18-9-5-7-16(11-18)12-19(23)22-14-20(2,3)21/h4-11H,12-14,21H2,1-3H3,(H,22,23). The molecular formula is C20H26N2O2. The van der Waals surface area contributed by atoms with E-state index in [1.54, 1.807) is 0 Å². The fourth-order valence-electron chi connectivity index (χ4n) is 2.29. The third kappa shape index (κ3) is 6.42. The molecule has 0 radical (unpaired) electrons. The molecule has 0 aliphatic heterocycles. The summed E-state index contributed by atoms with van der Waals surface area (Å²) in [6.45, 7) is 6.79. The fourth-order valence-corrected chi connectivity index (χ4v) is 2.29. The second-order valence-corrected chi connectivity index (χ2v) is 6.87. The van der Waals surface area contributed by atoms with E-state index >= 15 is 0 Å². The van der Waals surface area contributed by atoms with Crippen LogP contribution in [0.15, 0.2) is 48.5 Å². The number of nitrogens with one attached hydrogen (secondary N) is 1. The molecule has 1 amide bonds. The summed E-state index contributed by atoms with van der Waals surface area (Å²) in [5.41, 5.74) is 8.72. The highest BCUT2D eigenvalue weighted by atomic mass is 16.5. The van der Waals surface area contributed by atoms with Crippen LogP contribution in [-0.4, -0.2) is 18.0 Å². The van der Waals surface area contributed by atoms with Gasteiger partial charge in [-0.05, 0) is 44.0 Å². The van der Waals surface area contributed by atoms with E-state index in [0.29, 0.717) is 19.6 Å². The Bertz CT molecular complexity index is 690. The van der Waals surface area contributed by atoms with E-state index in [4.69, 9.17) is 10.5 Å². The molecule has 0 atom stereocenters. The van der Waals surface area contributed by atoms with Gasteiger partial charge in [0.15, 0.2) is 0 Å². The highest BCUT2D eigenvalue weighted by Crippen LogP contribution is 2.16. The smallest absolute Gasteiger partial charge is 0.224 e. The van der Waals surface area contributed by atoms with Crippen LogP contribution in [-0.2, 0) is 17.8 Å². The summed E-state index contributed by atoms with van der Waals surface area (Å²) in [4.78, 5) is 12.0. The van der Waals surface area contributed by atoms with Crippen molar-refractivity contribution in [2.45, 2.75) is 39.3 Å². The lowest BCUT2D eigenvalue weighted by atomic mass is 10.1. The second kappa shape index (κ2) is 7.97. The van der Waals surface area contributed by atoms with E-state index in [0.717, 1.165) is 16.9 Å². The molecule has 2 aromatic rings. The third-order valence-corrected chi connectivity index (χ3v) is 3.49. The van der Waals surface area contributed by atoms with Crippen molar-refractivity contribution in [3.8, 4) is 5.75 Å². The molecule has 3 N–H and O–H groups in total. The molecule has 0 bridgehead atoms. The Morgan fingerprint density at radius 2 is 1.83 bits per heavy atom. The number of carbonyl (C=O) groups excluding carboxylic acids is 1. The Labute approximate surface area is 144 Å². The summed E-state index contributed by atoms with van der Waals surface area (Å²) < 4.78 is 5.83. The van der Waals surface area contributed by atoms with E-state index in [-0.39, 0.29) is 5.91 Å². The van der Waals surface area contributed by atoms with E-state index < -0.39 is 5.54 Å². The predicted molar refractivity (Wildman–Crippen MR) is 96.9 cm³/mol. The molecule has 2 aromatic carbocycles. The van der Waals surface area contributed by atoms with E-state index in [1.807, 2.05) is 50.2 Å². The van der Waals surface area contributed by atoms with E-state index in [1.165, 1.54) is 5.56 Å². The lowest BCUT2D eigenvalue weighted by Gasteiger charge is -2.18. The number of benzene rings is 2. The van der Waals surface area contributed by atoms with Crippen molar-refractivity contribution in [2.75, 3.05) is 6.54 Å². The molecule has 0 heterocycles. The van der Waals surface area contributed by atoms with Crippen molar-refractivity contribution < 1.29 is 9.53 Å². The monoisotopic (exact) mass is 326 g/mol. The molecule has 0 spiro atoms. The highest BCUT2D eigenvalue weighted by Gasteiger charge is 2.12. The van der Waals surface area contributed by atoms with Gasteiger partial charge in [-0.3, -0.25) is 4.79 Å². The van der Waals surface area contributed by atoms with Crippen molar-refractivity contribution >= 4 is 5.91 Å². The first-order valence-electron chi connectivity index (χ1n) is 8.15. The quantitative estimate of drug-likeness (QED) is 0.822. The highest BCUT2D eigenvalue weighted by molar-refractivity contribution is 5.78. The number of hydrogen-bond donors (Lipinski definition) is 2. The Kier molecular flexibility index (Phi) is 5.99. The van der Waals surface area contributed by atoms with Gasteiger partial charge in [0, 0.05) is 12.1 Å². The normalized spacial score (nSPS) is 11.2. The molecular weight excluding hydrogens is 300 g/mol. The maximum atomic E-state index is 12.0. The van der Waals surface area contributed by atoms with Gasteiger partial charge >= 0.3 is 0 Å². The second-order valence-electron chi connectivity index (χ2n) is 6.87. The van der Waals surface area contributed by atoms with E-state index in [2.05, 4.69) is 24.4 Å². The molecule has 0 aromatic heterocycles. The number of amides is 1. The predicted octanol–water partition coefficient (Wildman–Crippen LogP) is 2.97. The molecule has 2 rings (SSSR count).